The molecule has 2 aliphatic heterocycles. The van der Waals surface area contributed by atoms with Crippen LogP contribution in [-0.2, 0) is 41.7 Å². The Kier molecular flexibility index (Phi) is 8.12. The largest absolute Gasteiger partial charge is 0.514 e. The highest BCUT2D eigenvalue weighted by molar-refractivity contribution is 8.04. The Morgan fingerprint density at radius 3 is 2.53 bits per heavy atom. The van der Waals surface area contributed by atoms with Gasteiger partial charge in [-0.25, -0.2) is 4.79 Å². The number of nitro benzene ring substituents is 1. The summed E-state index contributed by atoms with van der Waals surface area (Å²) in [6, 6.07) is 8.01. The molecule has 0 saturated carbocycles. The van der Waals surface area contributed by atoms with Gasteiger partial charge in [-0.05, 0) is 29.1 Å². The number of rotatable bonds is 9. The van der Waals surface area contributed by atoms with Crippen LogP contribution in [0.3, 0.4) is 0 Å². The molecule has 0 radical (unpaired) electrons. The fourth-order valence-corrected chi connectivity index (χ4v) is 5.75. The maximum Gasteiger partial charge on any atom is 0.355 e. The number of β-lactam (4-membered cyclic amide) rings is 1. The third kappa shape index (κ3) is 5.70. The number of aliphatic hydroxyl groups excluding tert-OH is 1. The third-order valence-corrected chi connectivity index (χ3v) is 7.80. The minimum absolute atomic E-state index is 0.0642. The van der Waals surface area contributed by atoms with Crippen molar-refractivity contribution in [2.45, 2.75) is 31.4 Å². The second-order valence-corrected chi connectivity index (χ2v) is 10.3. The third-order valence-electron chi connectivity index (χ3n) is 5.59. The summed E-state index contributed by atoms with van der Waals surface area (Å²) >= 11 is 2.43. The summed E-state index contributed by atoms with van der Waals surface area (Å²) < 4.78 is 10.4. The number of thiophene rings is 1. The lowest BCUT2D eigenvalue weighted by atomic mass is 10.0. The summed E-state index contributed by atoms with van der Waals surface area (Å²) in [7, 11) is 0. The van der Waals surface area contributed by atoms with Gasteiger partial charge in [0.25, 0.3) is 11.6 Å². The van der Waals surface area contributed by atoms with Gasteiger partial charge in [-0.15, -0.1) is 11.3 Å². The summed E-state index contributed by atoms with van der Waals surface area (Å²) in [5.41, 5.74) is 0.161. The molecule has 0 spiro atoms. The minimum atomic E-state index is -0.963. The van der Waals surface area contributed by atoms with E-state index in [2.05, 4.69) is 5.32 Å². The molecule has 1 fully saturated rings. The first-order valence-corrected chi connectivity index (χ1v) is 12.9. The fourth-order valence-electron chi connectivity index (χ4n) is 3.79. The molecule has 38 heavy (non-hydrogen) atoms. The number of non-ortho nitro benzene ring substituents is 1. The highest BCUT2D eigenvalue weighted by Crippen LogP contribution is 2.46. The number of fused-ring (bicyclic) bond motifs is 1. The van der Waals surface area contributed by atoms with E-state index in [4.69, 9.17) is 9.47 Å². The van der Waals surface area contributed by atoms with E-state index in [1.807, 2.05) is 11.4 Å². The van der Waals surface area contributed by atoms with Crippen molar-refractivity contribution >= 4 is 52.5 Å². The van der Waals surface area contributed by atoms with Crippen molar-refractivity contribution in [3.8, 4) is 0 Å². The lowest BCUT2D eigenvalue weighted by Gasteiger charge is -2.49. The predicted octanol–water partition coefficient (Wildman–Crippen LogP) is 2.56. The molecule has 2 amide bonds. The van der Waals surface area contributed by atoms with Gasteiger partial charge in [0.2, 0.25) is 5.91 Å². The Hall–Kier alpha value is -4.17. The molecular formula is C24H21N3O9S2. The lowest BCUT2D eigenvalue weighted by molar-refractivity contribution is -0.384. The zero-order valence-corrected chi connectivity index (χ0v) is 21.5. The number of carbonyl (C=O) groups is 4. The number of ether oxygens (including phenoxy) is 2. The number of nitrogens with one attached hydrogen (secondary N) is 1. The molecule has 0 bridgehead atoms. The molecule has 2 N–H and O–H groups in total. The number of nitro groups is 1. The molecule has 2 aromatic rings. The van der Waals surface area contributed by atoms with Gasteiger partial charge < -0.3 is 19.9 Å². The average Bonchev–Trinajstić information content (AvgIpc) is 3.41. The molecule has 12 nitrogen and oxygen atoms in total. The summed E-state index contributed by atoms with van der Waals surface area (Å²) in [4.78, 5) is 62.7. The van der Waals surface area contributed by atoms with Crippen LogP contribution in [0, 0.1) is 10.1 Å². The maximum atomic E-state index is 13.2. The highest BCUT2D eigenvalue weighted by atomic mass is 32.2. The van der Waals surface area contributed by atoms with Gasteiger partial charge in [0.15, 0.2) is 0 Å². The Labute approximate surface area is 224 Å². The maximum absolute atomic E-state index is 13.2. The van der Waals surface area contributed by atoms with Crippen molar-refractivity contribution in [3.63, 3.8) is 0 Å². The van der Waals surface area contributed by atoms with Crippen LogP contribution >= 0.6 is 23.1 Å². The van der Waals surface area contributed by atoms with E-state index in [1.54, 1.807) is 6.07 Å². The zero-order valence-electron chi connectivity index (χ0n) is 19.8. The Morgan fingerprint density at radius 2 is 1.92 bits per heavy atom. The average molecular weight is 560 g/mol. The fraction of sp³-hybridized carbons (Fsp3) is 0.250. The second kappa shape index (κ2) is 11.5. The van der Waals surface area contributed by atoms with E-state index in [0.717, 1.165) is 27.8 Å². The summed E-state index contributed by atoms with van der Waals surface area (Å²) in [5.74, 6) is -2.53. The monoisotopic (exact) mass is 559 g/mol. The number of nitrogens with zero attached hydrogens (tertiary/aromatic N) is 2. The predicted molar refractivity (Wildman–Crippen MR) is 135 cm³/mol. The first-order chi connectivity index (χ1) is 18.2. The van der Waals surface area contributed by atoms with Crippen LogP contribution in [0.2, 0.25) is 0 Å². The molecule has 2 aliphatic rings. The summed E-state index contributed by atoms with van der Waals surface area (Å²) in [6.45, 7) is 0.491. The van der Waals surface area contributed by atoms with Crippen LogP contribution in [0.25, 0.3) is 0 Å². The van der Waals surface area contributed by atoms with Gasteiger partial charge in [-0.3, -0.25) is 29.4 Å². The van der Waals surface area contributed by atoms with E-state index in [1.165, 1.54) is 42.5 Å². The van der Waals surface area contributed by atoms with Crippen LogP contribution in [-0.4, -0.2) is 56.7 Å². The molecule has 2 atom stereocenters. The first kappa shape index (κ1) is 26.9. The van der Waals surface area contributed by atoms with E-state index in [0.29, 0.717) is 5.56 Å². The Morgan fingerprint density at radius 1 is 1.18 bits per heavy atom. The van der Waals surface area contributed by atoms with Gasteiger partial charge in [0.05, 0.1) is 22.5 Å². The topological polar surface area (TPSA) is 165 Å². The van der Waals surface area contributed by atoms with E-state index in [9.17, 15) is 34.4 Å². The molecule has 14 heteroatoms. The Balaban J connectivity index is 1.55. The van der Waals surface area contributed by atoms with Crippen LogP contribution < -0.4 is 5.32 Å². The number of carbonyl (C=O) groups excluding carboxylic acids is 4. The second-order valence-electron chi connectivity index (χ2n) is 8.12. The zero-order chi connectivity index (χ0) is 27.4. The highest BCUT2D eigenvalue weighted by Gasteiger charge is 2.55. The number of aliphatic hydroxyl groups is 1. The van der Waals surface area contributed by atoms with Crippen molar-refractivity contribution in [1.82, 2.24) is 10.2 Å². The van der Waals surface area contributed by atoms with Crippen LogP contribution in [0.5, 0.6) is 0 Å². The van der Waals surface area contributed by atoms with Gasteiger partial charge in [0.1, 0.15) is 30.3 Å². The quantitative estimate of drug-likeness (QED) is 0.153. The van der Waals surface area contributed by atoms with Crippen LogP contribution in [0.4, 0.5) is 5.69 Å². The molecule has 1 aromatic carbocycles. The van der Waals surface area contributed by atoms with Crippen LogP contribution in [0.1, 0.15) is 17.4 Å². The van der Waals surface area contributed by atoms with Gasteiger partial charge in [0, 0.05) is 29.5 Å². The van der Waals surface area contributed by atoms with Gasteiger partial charge in [-0.1, -0.05) is 17.8 Å². The van der Waals surface area contributed by atoms with Gasteiger partial charge >= 0.3 is 11.9 Å². The Bertz CT molecular complexity index is 1340. The van der Waals surface area contributed by atoms with Crippen molar-refractivity contribution in [2.75, 3.05) is 6.61 Å². The normalized spacial score (nSPS) is 19.4. The number of thioether (sulfide) groups is 1. The number of benzene rings is 1. The van der Waals surface area contributed by atoms with Crippen molar-refractivity contribution < 1.29 is 38.7 Å². The van der Waals surface area contributed by atoms with Crippen LogP contribution in [0.15, 0.2) is 64.2 Å². The molecule has 4 rings (SSSR count). The van der Waals surface area contributed by atoms with E-state index in [-0.39, 0.29) is 40.8 Å². The summed E-state index contributed by atoms with van der Waals surface area (Å²) in [5, 5.41) is 24.5. The molecule has 1 aromatic heterocycles. The minimum Gasteiger partial charge on any atom is -0.514 e. The molecule has 1 saturated heterocycles. The SMILES string of the molecule is CC(=O)OCC1=C(C(=O)OCc2ccc([N+](=O)[O-])cc2)N2C(=O)C(NC(=O)Cc3cccs3)[C@H]2S/C1=C\O. The van der Waals surface area contributed by atoms with E-state index < -0.39 is 40.8 Å². The number of hydrogen-bond donors (Lipinski definition) is 2. The van der Waals surface area contributed by atoms with E-state index >= 15 is 0 Å². The molecule has 3 heterocycles. The molecule has 1 unspecified atom stereocenters. The summed E-state index contributed by atoms with van der Waals surface area (Å²) in [6.07, 6.45) is 0.816. The van der Waals surface area contributed by atoms with Crippen molar-refractivity contribution in [3.05, 3.63) is 84.8 Å². The first-order valence-electron chi connectivity index (χ1n) is 11.1. The van der Waals surface area contributed by atoms with Gasteiger partial charge in [-0.2, -0.15) is 0 Å². The molecule has 0 aliphatic carbocycles. The molecule has 198 valence electrons. The number of hydrogen-bond acceptors (Lipinski definition) is 11. The number of amides is 2. The number of esters is 2. The smallest absolute Gasteiger partial charge is 0.355 e. The lowest BCUT2D eigenvalue weighted by Crippen LogP contribution is -2.70. The standard InChI is InChI=1S/C24H21N3O9S2/c1-13(29)35-12-17-18(10-28)38-23-20(25-19(30)9-16-3-2-8-37-16)22(31)26(23)21(17)24(32)36-11-14-4-6-15(7-5-14)27(33)34/h2-8,10,20,23,28H,9,11-12H2,1H3,(H,25,30)/b18-10-/t20?,23-/m1/s1. The van der Waals surface area contributed by atoms with Crippen molar-refractivity contribution in [1.29, 1.82) is 0 Å². The molecular weight excluding hydrogens is 538 g/mol. The van der Waals surface area contributed by atoms with Crippen molar-refractivity contribution in [2.24, 2.45) is 0 Å².